The highest BCUT2D eigenvalue weighted by Gasteiger charge is 2.14. The second-order valence-electron chi connectivity index (χ2n) is 7.06. The smallest absolute Gasteiger partial charge is 0.234 e. The summed E-state index contributed by atoms with van der Waals surface area (Å²) in [5.41, 5.74) is 3.12. The Hall–Kier alpha value is -2.80. The number of amides is 1. The molecule has 1 amide bonds. The highest BCUT2D eigenvalue weighted by atomic mass is 32.2. The third-order valence-electron chi connectivity index (χ3n) is 4.64. The van der Waals surface area contributed by atoms with Gasteiger partial charge in [0, 0.05) is 19.2 Å². The summed E-state index contributed by atoms with van der Waals surface area (Å²) in [6, 6.07) is 15.8. The number of para-hydroxylation sites is 1. The van der Waals surface area contributed by atoms with Crippen molar-refractivity contribution in [1.29, 1.82) is 0 Å². The average molecular weight is 411 g/mol. The Labute approximate surface area is 175 Å². The molecule has 7 heteroatoms. The van der Waals surface area contributed by atoms with E-state index < -0.39 is 0 Å². The molecule has 0 fully saturated rings. The number of nitrogens with zero attached hydrogens (tertiary/aromatic N) is 3. The lowest BCUT2D eigenvalue weighted by atomic mass is 10.0. The first-order valence-electron chi connectivity index (χ1n) is 9.50. The van der Waals surface area contributed by atoms with Crippen LogP contribution in [0.15, 0.2) is 53.7 Å². The lowest BCUT2D eigenvalue weighted by Crippen LogP contribution is -2.16. The number of ether oxygens (including phenoxy) is 1. The van der Waals surface area contributed by atoms with Crippen molar-refractivity contribution in [3.8, 4) is 5.75 Å². The molecule has 0 aliphatic rings. The van der Waals surface area contributed by atoms with E-state index in [2.05, 4.69) is 29.4 Å². The standard InChI is InChI=1S/C22H26N4O2S/c1-15(2)18-7-5-6-8-19(18)23-21(27)14-29-22-25-24-20(26(22)3)13-16-9-11-17(28-4)12-10-16/h5-12,15H,13-14H2,1-4H3,(H,23,27). The van der Waals surface area contributed by atoms with E-state index >= 15 is 0 Å². The number of carbonyl (C=O) groups excluding carboxylic acids is 1. The first-order valence-corrected chi connectivity index (χ1v) is 10.5. The summed E-state index contributed by atoms with van der Waals surface area (Å²) in [5, 5.41) is 12.3. The van der Waals surface area contributed by atoms with E-state index in [1.807, 2.05) is 60.1 Å². The van der Waals surface area contributed by atoms with Crippen LogP contribution in [0, 0.1) is 0 Å². The van der Waals surface area contributed by atoms with Crippen LogP contribution in [0.1, 0.15) is 36.7 Å². The summed E-state index contributed by atoms with van der Waals surface area (Å²) in [4.78, 5) is 12.4. The molecule has 1 aromatic heterocycles. The van der Waals surface area contributed by atoms with Crippen molar-refractivity contribution in [2.45, 2.75) is 31.3 Å². The molecule has 0 saturated heterocycles. The van der Waals surface area contributed by atoms with Gasteiger partial charge in [0.25, 0.3) is 0 Å². The molecule has 0 spiro atoms. The van der Waals surface area contributed by atoms with Crippen LogP contribution in [0.4, 0.5) is 5.69 Å². The van der Waals surface area contributed by atoms with Gasteiger partial charge in [-0.05, 0) is 35.2 Å². The predicted molar refractivity (Wildman–Crippen MR) is 117 cm³/mol. The number of carbonyl (C=O) groups is 1. The minimum Gasteiger partial charge on any atom is -0.497 e. The van der Waals surface area contributed by atoms with E-state index in [0.717, 1.165) is 33.5 Å². The Morgan fingerprint density at radius 3 is 2.55 bits per heavy atom. The van der Waals surface area contributed by atoms with E-state index in [-0.39, 0.29) is 11.7 Å². The van der Waals surface area contributed by atoms with Crippen molar-refractivity contribution in [2.24, 2.45) is 7.05 Å². The molecule has 152 valence electrons. The van der Waals surface area contributed by atoms with E-state index in [1.54, 1.807) is 7.11 Å². The fraction of sp³-hybridized carbons (Fsp3) is 0.318. The van der Waals surface area contributed by atoms with E-state index in [9.17, 15) is 4.79 Å². The average Bonchev–Trinajstić information content (AvgIpc) is 3.06. The number of thioether (sulfide) groups is 1. The van der Waals surface area contributed by atoms with E-state index in [1.165, 1.54) is 11.8 Å². The number of anilines is 1. The van der Waals surface area contributed by atoms with Gasteiger partial charge in [0.15, 0.2) is 5.16 Å². The molecule has 6 nitrogen and oxygen atoms in total. The minimum atomic E-state index is -0.0530. The van der Waals surface area contributed by atoms with E-state index in [0.29, 0.717) is 12.3 Å². The molecule has 0 radical (unpaired) electrons. The molecule has 3 rings (SSSR count). The van der Waals surface area contributed by atoms with Gasteiger partial charge in [-0.15, -0.1) is 10.2 Å². The Morgan fingerprint density at radius 1 is 1.14 bits per heavy atom. The maximum absolute atomic E-state index is 12.4. The van der Waals surface area contributed by atoms with Gasteiger partial charge in [-0.2, -0.15) is 0 Å². The van der Waals surface area contributed by atoms with Crippen LogP contribution >= 0.6 is 11.8 Å². The monoisotopic (exact) mass is 410 g/mol. The highest BCUT2D eigenvalue weighted by Crippen LogP contribution is 2.24. The van der Waals surface area contributed by atoms with Crippen molar-refractivity contribution in [2.75, 3.05) is 18.2 Å². The van der Waals surface area contributed by atoms with Crippen molar-refractivity contribution in [3.63, 3.8) is 0 Å². The molecule has 0 bridgehead atoms. The molecule has 0 saturated carbocycles. The van der Waals surface area contributed by atoms with Gasteiger partial charge in [0.05, 0.1) is 12.9 Å². The topological polar surface area (TPSA) is 69.0 Å². The lowest BCUT2D eigenvalue weighted by Gasteiger charge is -2.13. The number of methoxy groups -OCH3 is 1. The molecule has 2 aromatic carbocycles. The van der Waals surface area contributed by atoms with Crippen LogP contribution in [0.5, 0.6) is 5.75 Å². The third kappa shape index (κ3) is 5.38. The fourth-order valence-corrected chi connectivity index (χ4v) is 3.71. The SMILES string of the molecule is COc1ccc(Cc2nnc(SCC(=O)Nc3ccccc3C(C)C)n2C)cc1. The number of rotatable bonds is 8. The minimum absolute atomic E-state index is 0.0530. The van der Waals surface area contributed by atoms with E-state index in [4.69, 9.17) is 4.74 Å². The molecule has 0 unspecified atom stereocenters. The molecule has 0 atom stereocenters. The van der Waals surface area contributed by atoms with Gasteiger partial charge in [-0.3, -0.25) is 4.79 Å². The van der Waals surface area contributed by atoms with Crippen molar-refractivity contribution in [3.05, 3.63) is 65.5 Å². The number of nitrogens with one attached hydrogen (secondary N) is 1. The summed E-state index contributed by atoms with van der Waals surface area (Å²) in [7, 11) is 3.58. The fourth-order valence-electron chi connectivity index (χ4n) is 2.98. The molecule has 3 aromatic rings. The number of hydrogen-bond donors (Lipinski definition) is 1. The van der Waals surface area contributed by atoms with Crippen LogP contribution in [-0.2, 0) is 18.3 Å². The molecule has 29 heavy (non-hydrogen) atoms. The summed E-state index contributed by atoms with van der Waals surface area (Å²) in [6.07, 6.45) is 0.669. The summed E-state index contributed by atoms with van der Waals surface area (Å²) < 4.78 is 7.12. The molecule has 0 aliphatic carbocycles. The van der Waals surface area contributed by atoms with Crippen molar-refractivity contribution < 1.29 is 9.53 Å². The van der Waals surface area contributed by atoms with Gasteiger partial charge in [-0.1, -0.05) is 55.9 Å². The van der Waals surface area contributed by atoms with Gasteiger partial charge < -0.3 is 14.6 Å². The van der Waals surface area contributed by atoms with Gasteiger partial charge in [-0.25, -0.2) is 0 Å². The predicted octanol–water partition coefficient (Wildman–Crippen LogP) is 4.27. The Kier molecular flexibility index (Phi) is 6.93. The number of aromatic nitrogens is 3. The van der Waals surface area contributed by atoms with Crippen molar-refractivity contribution in [1.82, 2.24) is 14.8 Å². The number of hydrogen-bond acceptors (Lipinski definition) is 5. The maximum Gasteiger partial charge on any atom is 0.234 e. The van der Waals surface area contributed by atoms with Crippen LogP contribution < -0.4 is 10.1 Å². The Balaban J connectivity index is 1.59. The zero-order valence-corrected chi connectivity index (χ0v) is 18.0. The Morgan fingerprint density at radius 2 is 1.86 bits per heavy atom. The summed E-state index contributed by atoms with van der Waals surface area (Å²) >= 11 is 1.38. The summed E-state index contributed by atoms with van der Waals surface area (Å²) in [6.45, 7) is 4.23. The molecule has 1 heterocycles. The van der Waals surface area contributed by atoms with Crippen LogP contribution in [0.3, 0.4) is 0 Å². The number of benzene rings is 2. The van der Waals surface area contributed by atoms with Crippen LogP contribution in [0.25, 0.3) is 0 Å². The maximum atomic E-state index is 12.4. The zero-order chi connectivity index (χ0) is 20.8. The van der Waals surface area contributed by atoms with Crippen LogP contribution in [0.2, 0.25) is 0 Å². The second-order valence-corrected chi connectivity index (χ2v) is 8.00. The molecule has 0 aliphatic heterocycles. The summed E-state index contributed by atoms with van der Waals surface area (Å²) in [5.74, 6) is 2.25. The van der Waals surface area contributed by atoms with Gasteiger partial charge >= 0.3 is 0 Å². The first kappa shape index (κ1) is 20.9. The quantitative estimate of drug-likeness (QED) is 0.562. The lowest BCUT2D eigenvalue weighted by molar-refractivity contribution is -0.113. The largest absolute Gasteiger partial charge is 0.497 e. The van der Waals surface area contributed by atoms with Gasteiger partial charge in [0.2, 0.25) is 5.91 Å². The highest BCUT2D eigenvalue weighted by molar-refractivity contribution is 7.99. The molecular weight excluding hydrogens is 384 g/mol. The molecular formula is C22H26N4O2S. The third-order valence-corrected chi connectivity index (χ3v) is 5.66. The zero-order valence-electron chi connectivity index (χ0n) is 17.2. The first-order chi connectivity index (χ1) is 14.0. The second kappa shape index (κ2) is 9.60. The van der Waals surface area contributed by atoms with Crippen LogP contribution in [-0.4, -0.2) is 33.5 Å². The van der Waals surface area contributed by atoms with Crippen molar-refractivity contribution >= 4 is 23.4 Å². The normalized spacial score (nSPS) is 10.9. The molecule has 1 N–H and O–H groups in total. The Bertz CT molecular complexity index is 967. The van der Waals surface area contributed by atoms with Gasteiger partial charge in [0.1, 0.15) is 11.6 Å².